The van der Waals surface area contributed by atoms with Crippen LogP contribution >= 0.6 is 34.8 Å². The molecule has 0 aromatic heterocycles. The molecule has 0 saturated carbocycles. The number of aromatic carboxylic acids is 1. The number of benzene rings is 1. The average Bonchev–Trinajstić information content (AvgIpc) is 2.22. The Balaban J connectivity index is 3.18. The minimum absolute atomic E-state index is 0.0210. The van der Waals surface area contributed by atoms with Gasteiger partial charge in [-0.2, -0.15) is 0 Å². The highest BCUT2D eigenvalue weighted by molar-refractivity contribution is 6.49. The van der Waals surface area contributed by atoms with Crippen molar-refractivity contribution in [2.24, 2.45) is 0 Å². The number of halogens is 3. The molecule has 0 unspecified atom stereocenters. The molecule has 0 aliphatic heterocycles. The number of hydrogen-bond donors (Lipinski definition) is 2. The van der Waals surface area contributed by atoms with Crippen LogP contribution < -0.4 is 5.32 Å². The fourth-order valence-electron chi connectivity index (χ4n) is 1.32. The van der Waals surface area contributed by atoms with Crippen molar-refractivity contribution >= 4 is 52.6 Å². The second kappa shape index (κ2) is 6.08. The number of carboxylic acids is 1. The predicted octanol–water partition coefficient (Wildman–Crippen LogP) is 4.69. The zero-order valence-electron chi connectivity index (χ0n) is 10.9. The number of nitrogens with one attached hydrogen (secondary N) is 1. The van der Waals surface area contributed by atoms with Gasteiger partial charge in [-0.15, -0.1) is 0 Å². The number of ether oxygens (including phenoxy) is 1. The van der Waals surface area contributed by atoms with Crippen LogP contribution in [0.2, 0.25) is 15.1 Å². The van der Waals surface area contributed by atoms with Gasteiger partial charge in [0.1, 0.15) is 11.2 Å². The summed E-state index contributed by atoms with van der Waals surface area (Å²) in [5, 5.41) is 11.1. The Morgan fingerprint density at radius 3 is 2.20 bits per heavy atom. The minimum atomic E-state index is -1.35. The Morgan fingerprint density at radius 1 is 1.20 bits per heavy atom. The fraction of sp³-hybridized carbons (Fsp3) is 0.333. The van der Waals surface area contributed by atoms with E-state index in [2.05, 4.69) is 5.32 Å². The normalized spacial score (nSPS) is 11.1. The molecule has 8 heteroatoms. The molecule has 110 valence electrons. The van der Waals surface area contributed by atoms with Crippen molar-refractivity contribution in [2.45, 2.75) is 26.4 Å². The monoisotopic (exact) mass is 339 g/mol. The van der Waals surface area contributed by atoms with Crippen LogP contribution in [0.15, 0.2) is 6.07 Å². The smallest absolute Gasteiger partial charge is 0.412 e. The van der Waals surface area contributed by atoms with Gasteiger partial charge in [0.2, 0.25) is 0 Å². The number of carbonyl (C=O) groups is 2. The maximum absolute atomic E-state index is 11.7. The number of carbonyl (C=O) groups excluding carboxylic acids is 1. The lowest BCUT2D eigenvalue weighted by molar-refractivity contribution is 0.0636. The van der Waals surface area contributed by atoms with Crippen molar-refractivity contribution < 1.29 is 19.4 Å². The molecule has 20 heavy (non-hydrogen) atoms. The van der Waals surface area contributed by atoms with Crippen LogP contribution in [0.5, 0.6) is 0 Å². The molecule has 1 aromatic carbocycles. The van der Waals surface area contributed by atoms with Gasteiger partial charge in [0.15, 0.2) is 0 Å². The molecule has 0 bridgehead atoms. The quantitative estimate of drug-likeness (QED) is 0.766. The van der Waals surface area contributed by atoms with Gasteiger partial charge >= 0.3 is 12.1 Å². The number of anilines is 1. The lowest BCUT2D eigenvalue weighted by atomic mass is 10.1. The summed E-state index contributed by atoms with van der Waals surface area (Å²) >= 11 is 17.4. The van der Waals surface area contributed by atoms with Crippen LogP contribution in [-0.2, 0) is 4.74 Å². The summed E-state index contributed by atoms with van der Waals surface area (Å²) in [5.74, 6) is -1.35. The van der Waals surface area contributed by atoms with E-state index in [1.165, 1.54) is 6.07 Å². The molecule has 0 fully saturated rings. The van der Waals surface area contributed by atoms with Crippen molar-refractivity contribution in [1.82, 2.24) is 0 Å². The average molecular weight is 341 g/mol. The van der Waals surface area contributed by atoms with Crippen LogP contribution in [0.1, 0.15) is 31.1 Å². The van der Waals surface area contributed by atoms with Gasteiger partial charge < -0.3 is 9.84 Å². The van der Waals surface area contributed by atoms with Gasteiger partial charge in [0, 0.05) is 0 Å². The number of hydrogen-bond acceptors (Lipinski definition) is 3. The second-order valence-corrected chi connectivity index (χ2v) is 6.00. The van der Waals surface area contributed by atoms with Gasteiger partial charge in [0.25, 0.3) is 0 Å². The van der Waals surface area contributed by atoms with Crippen LogP contribution in [0, 0.1) is 0 Å². The van der Waals surface area contributed by atoms with Gasteiger partial charge in [0.05, 0.1) is 20.8 Å². The zero-order chi connectivity index (χ0) is 15.7. The van der Waals surface area contributed by atoms with Crippen LogP contribution in [0.3, 0.4) is 0 Å². The first kappa shape index (κ1) is 16.9. The molecule has 0 aliphatic rings. The molecule has 0 aliphatic carbocycles. The Hall–Kier alpha value is -1.17. The Bertz CT molecular complexity index is 567. The summed E-state index contributed by atoms with van der Waals surface area (Å²) in [5.41, 5.74) is -1.17. The molecule has 1 rings (SSSR count). The molecule has 0 radical (unpaired) electrons. The van der Waals surface area contributed by atoms with Crippen molar-refractivity contribution in [3.05, 3.63) is 26.7 Å². The summed E-state index contributed by atoms with van der Waals surface area (Å²) in [6.07, 6.45) is -0.825. The maximum atomic E-state index is 11.7. The highest BCUT2D eigenvalue weighted by atomic mass is 35.5. The highest BCUT2D eigenvalue weighted by Gasteiger charge is 2.23. The van der Waals surface area contributed by atoms with E-state index in [0.717, 1.165) is 0 Å². The summed E-state index contributed by atoms with van der Waals surface area (Å²) in [4.78, 5) is 22.9. The van der Waals surface area contributed by atoms with E-state index in [1.54, 1.807) is 20.8 Å². The number of carboxylic acid groups (broad SMARTS) is 1. The first-order chi connectivity index (χ1) is 9.03. The Kier molecular flexibility index (Phi) is 5.13. The van der Waals surface area contributed by atoms with Crippen LogP contribution in [0.4, 0.5) is 10.5 Å². The molecule has 5 nitrogen and oxygen atoms in total. The second-order valence-electron chi connectivity index (χ2n) is 4.84. The van der Waals surface area contributed by atoms with Crippen molar-refractivity contribution in [1.29, 1.82) is 0 Å². The topological polar surface area (TPSA) is 75.6 Å². The SMILES string of the molecule is CC(C)(C)OC(=O)Nc1cc(Cl)c(Cl)c(Cl)c1C(=O)O. The van der Waals surface area contributed by atoms with Crippen molar-refractivity contribution in [3.63, 3.8) is 0 Å². The van der Waals surface area contributed by atoms with E-state index in [1.807, 2.05) is 0 Å². The molecule has 0 spiro atoms. The molecule has 1 aromatic rings. The fourth-order valence-corrected chi connectivity index (χ4v) is 2.00. The lowest BCUT2D eigenvalue weighted by Gasteiger charge is -2.20. The first-order valence-corrected chi connectivity index (χ1v) is 6.57. The summed E-state index contributed by atoms with van der Waals surface area (Å²) in [6.45, 7) is 5.02. The van der Waals surface area contributed by atoms with Crippen LogP contribution in [-0.4, -0.2) is 22.8 Å². The van der Waals surface area contributed by atoms with Gasteiger partial charge in [-0.1, -0.05) is 34.8 Å². The van der Waals surface area contributed by atoms with Gasteiger partial charge in [-0.05, 0) is 26.8 Å². The van der Waals surface area contributed by atoms with E-state index in [4.69, 9.17) is 44.6 Å². The summed E-state index contributed by atoms with van der Waals surface area (Å²) in [6, 6.07) is 1.20. The summed E-state index contributed by atoms with van der Waals surface area (Å²) < 4.78 is 5.02. The Labute approximate surface area is 130 Å². The largest absolute Gasteiger partial charge is 0.478 e. The molecule has 2 N–H and O–H groups in total. The minimum Gasteiger partial charge on any atom is -0.478 e. The van der Waals surface area contributed by atoms with E-state index in [0.29, 0.717) is 0 Å². The molecule has 0 saturated heterocycles. The molecular formula is C12H12Cl3NO4. The molecular weight excluding hydrogens is 328 g/mol. The zero-order valence-corrected chi connectivity index (χ0v) is 13.2. The predicted molar refractivity (Wildman–Crippen MR) is 78.3 cm³/mol. The Morgan fingerprint density at radius 2 is 1.75 bits per heavy atom. The molecule has 0 atom stereocenters. The highest BCUT2D eigenvalue weighted by Crippen LogP contribution is 2.37. The first-order valence-electron chi connectivity index (χ1n) is 5.43. The van der Waals surface area contributed by atoms with E-state index < -0.39 is 17.7 Å². The third-order valence-electron chi connectivity index (χ3n) is 2.01. The maximum Gasteiger partial charge on any atom is 0.412 e. The van der Waals surface area contributed by atoms with Gasteiger partial charge in [-0.3, -0.25) is 5.32 Å². The third-order valence-corrected chi connectivity index (χ3v) is 3.27. The van der Waals surface area contributed by atoms with Crippen molar-refractivity contribution in [2.75, 3.05) is 5.32 Å². The number of rotatable bonds is 2. The third kappa shape index (κ3) is 4.16. The lowest BCUT2D eigenvalue weighted by Crippen LogP contribution is -2.27. The molecule has 1 amide bonds. The van der Waals surface area contributed by atoms with E-state index in [-0.39, 0.29) is 26.3 Å². The van der Waals surface area contributed by atoms with Crippen molar-refractivity contribution in [3.8, 4) is 0 Å². The van der Waals surface area contributed by atoms with E-state index >= 15 is 0 Å². The standard InChI is InChI=1S/C12H12Cl3NO4/c1-12(2,3)20-11(19)16-6-4-5(13)8(14)9(15)7(6)10(17)18/h4H,1-3H3,(H,16,19)(H,17,18). The van der Waals surface area contributed by atoms with Crippen LogP contribution in [0.25, 0.3) is 0 Å². The van der Waals surface area contributed by atoms with Gasteiger partial charge in [-0.25, -0.2) is 9.59 Å². The summed E-state index contributed by atoms with van der Waals surface area (Å²) in [7, 11) is 0. The van der Waals surface area contributed by atoms with E-state index in [9.17, 15) is 9.59 Å². The number of amides is 1. The molecule has 0 heterocycles.